The summed E-state index contributed by atoms with van der Waals surface area (Å²) in [7, 11) is 0. The number of carbonyl (C=O) groups is 1. The molecular weight excluding hydrogens is 153 g/mol. The van der Waals surface area contributed by atoms with Gasteiger partial charge in [0.1, 0.15) is 0 Å². The van der Waals surface area contributed by atoms with E-state index in [4.69, 9.17) is 0 Å². The first kappa shape index (κ1) is 8.55. The SMILES string of the molecule is O=C(S)/C=C/C(F)(F)F. The average molecular weight is 156 g/mol. The molecule has 0 aliphatic carbocycles. The molecule has 0 aromatic carbocycles. The second-order valence-corrected chi connectivity index (χ2v) is 1.65. The van der Waals surface area contributed by atoms with Crippen molar-refractivity contribution >= 4 is 17.7 Å². The highest BCUT2D eigenvalue weighted by molar-refractivity contribution is 7.97. The Labute approximate surface area is 55.0 Å². The molecule has 0 bridgehead atoms. The highest BCUT2D eigenvalue weighted by Crippen LogP contribution is 2.15. The van der Waals surface area contributed by atoms with Gasteiger partial charge in [-0.3, -0.25) is 4.79 Å². The molecule has 52 valence electrons. The fourth-order valence-corrected chi connectivity index (χ4v) is 0.240. The van der Waals surface area contributed by atoms with E-state index in [0.717, 1.165) is 0 Å². The van der Waals surface area contributed by atoms with Gasteiger partial charge in [-0.15, -0.1) is 12.6 Å². The Morgan fingerprint density at radius 1 is 1.44 bits per heavy atom. The lowest BCUT2D eigenvalue weighted by Gasteiger charge is -1.94. The van der Waals surface area contributed by atoms with E-state index in [1.54, 1.807) is 0 Å². The van der Waals surface area contributed by atoms with Crippen LogP contribution in [0.15, 0.2) is 12.2 Å². The smallest absolute Gasteiger partial charge is 0.283 e. The van der Waals surface area contributed by atoms with Gasteiger partial charge in [-0.25, -0.2) is 0 Å². The van der Waals surface area contributed by atoms with Crippen molar-refractivity contribution < 1.29 is 18.0 Å². The molecule has 0 atom stereocenters. The molecule has 0 aliphatic rings. The number of thiol groups is 1. The van der Waals surface area contributed by atoms with Gasteiger partial charge in [-0.1, -0.05) is 0 Å². The van der Waals surface area contributed by atoms with Crippen LogP contribution in [-0.2, 0) is 4.79 Å². The lowest BCUT2D eigenvalue weighted by molar-refractivity contribution is -0.107. The fourth-order valence-electron chi connectivity index (χ4n) is 0.166. The summed E-state index contributed by atoms with van der Waals surface area (Å²) in [5.41, 5.74) is 0. The Balaban J connectivity index is 3.86. The van der Waals surface area contributed by atoms with E-state index in [1.165, 1.54) is 0 Å². The summed E-state index contributed by atoms with van der Waals surface area (Å²) in [6.07, 6.45) is -4.23. The van der Waals surface area contributed by atoms with Crippen LogP contribution in [0.4, 0.5) is 13.2 Å². The number of hydrogen-bond acceptors (Lipinski definition) is 1. The van der Waals surface area contributed by atoms with Crippen LogP contribution in [0, 0.1) is 0 Å². The van der Waals surface area contributed by atoms with Crippen molar-refractivity contribution in [2.45, 2.75) is 6.18 Å². The van der Waals surface area contributed by atoms with Gasteiger partial charge in [0, 0.05) is 6.08 Å². The molecule has 0 radical (unpaired) electrons. The van der Waals surface area contributed by atoms with Crippen LogP contribution in [0.25, 0.3) is 0 Å². The van der Waals surface area contributed by atoms with Crippen LogP contribution in [0.1, 0.15) is 0 Å². The largest absolute Gasteiger partial charge is 0.409 e. The van der Waals surface area contributed by atoms with Gasteiger partial charge in [0.25, 0.3) is 0 Å². The quantitative estimate of drug-likeness (QED) is 0.450. The van der Waals surface area contributed by atoms with Crippen molar-refractivity contribution in [2.75, 3.05) is 0 Å². The minimum absolute atomic E-state index is 0.164. The van der Waals surface area contributed by atoms with E-state index in [9.17, 15) is 18.0 Å². The summed E-state index contributed by atoms with van der Waals surface area (Å²) in [6.45, 7) is 0. The number of alkyl halides is 3. The number of halogens is 3. The first-order valence-electron chi connectivity index (χ1n) is 1.91. The normalized spacial score (nSPS) is 12.4. The zero-order chi connectivity index (χ0) is 7.49. The average Bonchev–Trinajstić information content (AvgIpc) is 1.59. The minimum atomic E-state index is -4.42. The van der Waals surface area contributed by atoms with Crippen molar-refractivity contribution in [3.63, 3.8) is 0 Å². The lowest BCUT2D eigenvalue weighted by atomic mass is 10.5. The number of rotatable bonds is 1. The Morgan fingerprint density at radius 2 is 1.89 bits per heavy atom. The van der Waals surface area contributed by atoms with Crippen LogP contribution < -0.4 is 0 Å². The molecule has 0 saturated carbocycles. The van der Waals surface area contributed by atoms with Gasteiger partial charge < -0.3 is 0 Å². The predicted octanol–water partition coefficient (Wildman–Crippen LogP) is 1.56. The second-order valence-electron chi connectivity index (χ2n) is 1.21. The maximum absolute atomic E-state index is 11.1. The molecule has 1 nitrogen and oxygen atoms in total. The summed E-state index contributed by atoms with van der Waals surface area (Å²) >= 11 is 3.08. The molecular formula is C4H3F3OS. The Morgan fingerprint density at radius 3 is 2.00 bits per heavy atom. The topological polar surface area (TPSA) is 17.1 Å². The van der Waals surface area contributed by atoms with Crippen molar-refractivity contribution in [1.29, 1.82) is 0 Å². The molecule has 0 amide bonds. The van der Waals surface area contributed by atoms with E-state index in [1.807, 2.05) is 0 Å². The van der Waals surface area contributed by atoms with Gasteiger partial charge in [-0.05, 0) is 6.08 Å². The molecule has 0 heterocycles. The summed E-state index contributed by atoms with van der Waals surface area (Å²) in [4.78, 5) is 9.77. The first-order valence-corrected chi connectivity index (χ1v) is 2.35. The second kappa shape index (κ2) is 2.91. The summed E-state index contributed by atoms with van der Waals surface area (Å²) in [5.74, 6) is 0. The van der Waals surface area contributed by atoms with E-state index < -0.39 is 11.3 Å². The summed E-state index contributed by atoms with van der Waals surface area (Å²) < 4.78 is 33.4. The third kappa shape index (κ3) is 7.55. The van der Waals surface area contributed by atoms with E-state index in [2.05, 4.69) is 12.6 Å². The highest BCUT2D eigenvalue weighted by atomic mass is 32.1. The molecule has 0 aromatic heterocycles. The van der Waals surface area contributed by atoms with Gasteiger partial charge in [0.15, 0.2) is 0 Å². The standard InChI is InChI=1S/C4H3F3OS/c5-4(6,7)2-1-3(8)9/h1-2H,(H,8,9)/b2-1+. The van der Waals surface area contributed by atoms with Crippen molar-refractivity contribution in [1.82, 2.24) is 0 Å². The van der Waals surface area contributed by atoms with Gasteiger partial charge in [-0.2, -0.15) is 13.2 Å². The van der Waals surface area contributed by atoms with Crippen LogP contribution in [-0.4, -0.2) is 11.3 Å². The van der Waals surface area contributed by atoms with Crippen molar-refractivity contribution in [3.8, 4) is 0 Å². The maximum Gasteiger partial charge on any atom is 0.409 e. The van der Waals surface area contributed by atoms with Crippen molar-refractivity contribution in [2.24, 2.45) is 0 Å². The van der Waals surface area contributed by atoms with Crippen molar-refractivity contribution in [3.05, 3.63) is 12.2 Å². The molecule has 0 aromatic rings. The van der Waals surface area contributed by atoms with E-state index in [0.29, 0.717) is 6.08 Å². The van der Waals surface area contributed by atoms with Crippen LogP contribution >= 0.6 is 12.6 Å². The summed E-state index contributed by atoms with van der Waals surface area (Å²) in [6, 6.07) is 0. The van der Waals surface area contributed by atoms with Gasteiger partial charge >= 0.3 is 6.18 Å². The van der Waals surface area contributed by atoms with Crippen LogP contribution in [0.2, 0.25) is 0 Å². The number of hydrogen-bond donors (Lipinski definition) is 1. The monoisotopic (exact) mass is 156 g/mol. The molecule has 0 N–H and O–H groups in total. The van der Waals surface area contributed by atoms with Gasteiger partial charge in [0.2, 0.25) is 5.12 Å². The fraction of sp³-hybridized carbons (Fsp3) is 0.250. The lowest BCUT2D eigenvalue weighted by Crippen LogP contribution is -2.01. The molecule has 9 heavy (non-hydrogen) atoms. The zero-order valence-electron chi connectivity index (χ0n) is 4.14. The number of carbonyl (C=O) groups excluding carboxylic acids is 1. The van der Waals surface area contributed by atoms with E-state index in [-0.39, 0.29) is 6.08 Å². The molecule has 0 unspecified atom stereocenters. The first-order chi connectivity index (χ1) is 3.92. The molecule has 0 saturated heterocycles. The molecule has 0 spiro atoms. The minimum Gasteiger partial charge on any atom is -0.283 e. The van der Waals surface area contributed by atoms with E-state index >= 15 is 0 Å². The Bertz CT molecular complexity index is 137. The third-order valence-corrected chi connectivity index (χ3v) is 0.564. The third-order valence-electron chi connectivity index (χ3n) is 0.415. The molecule has 0 aliphatic heterocycles. The predicted molar refractivity (Wildman–Crippen MR) is 29.2 cm³/mol. The van der Waals surface area contributed by atoms with Crippen LogP contribution in [0.3, 0.4) is 0 Å². The molecule has 5 heteroatoms. The molecule has 0 fully saturated rings. The highest BCUT2D eigenvalue weighted by Gasteiger charge is 2.21. The molecule has 0 rings (SSSR count). The zero-order valence-corrected chi connectivity index (χ0v) is 5.04. The van der Waals surface area contributed by atoms with Gasteiger partial charge in [0.05, 0.1) is 0 Å². The number of allylic oxidation sites excluding steroid dienone is 1. The Hall–Kier alpha value is -0.450. The Kier molecular flexibility index (Phi) is 2.76. The summed E-state index contributed by atoms with van der Waals surface area (Å²) in [5, 5.41) is -0.910. The maximum atomic E-state index is 11.1. The van der Waals surface area contributed by atoms with Crippen LogP contribution in [0.5, 0.6) is 0 Å².